The molecule has 4 nitrogen and oxygen atoms in total. The zero-order valence-electron chi connectivity index (χ0n) is 7.88. The Labute approximate surface area is 77.8 Å². The van der Waals surface area contributed by atoms with Crippen LogP contribution in [0.3, 0.4) is 0 Å². The third-order valence-electron chi connectivity index (χ3n) is 3.39. The second-order valence-corrected chi connectivity index (χ2v) is 3.90. The van der Waals surface area contributed by atoms with E-state index < -0.39 is 0 Å². The molecule has 2 aliphatic rings. The molecule has 1 saturated carbocycles. The van der Waals surface area contributed by atoms with E-state index in [1.165, 1.54) is 0 Å². The summed E-state index contributed by atoms with van der Waals surface area (Å²) >= 11 is 0. The van der Waals surface area contributed by atoms with Gasteiger partial charge in [-0.3, -0.25) is 4.79 Å². The number of piperidine rings is 1. The predicted molar refractivity (Wildman–Crippen MR) is 48.0 cm³/mol. The monoisotopic (exact) mass is 184 g/mol. The van der Waals surface area contributed by atoms with Gasteiger partial charge in [-0.15, -0.1) is 0 Å². The molecule has 0 aromatic carbocycles. The van der Waals surface area contributed by atoms with Gasteiger partial charge in [-0.1, -0.05) is 0 Å². The van der Waals surface area contributed by atoms with E-state index in [-0.39, 0.29) is 17.3 Å². The summed E-state index contributed by atoms with van der Waals surface area (Å²) in [5.74, 6) is 0.440. The molecule has 2 rings (SSSR count). The van der Waals surface area contributed by atoms with Gasteiger partial charge in [0.25, 0.3) is 0 Å². The molecule has 0 bridgehead atoms. The van der Waals surface area contributed by atoms with Crippen LogP contribution in [0.1, 0.15) is 6.92 Å². The van der Waals surface area contributed by atoms with Crippen molar-refractivity contribution in [1.29, 1.82) is 0 Å². The van der Waals surface area contributed by atoms with E-state index in [9.17, 15) is 4.79 Å². The van der Waals surface area contributed by atoms with Crippen LogP contribution in [0.2, 0.25) is 0 Å². The number of rotatable bonds is 3. The topological polar surface area (TPSA) is 64.3 Å². The van der Waals surface area contributed by atoms with Gasteiger partial charge in [-0.2, -0.15) is 0 Å². The predicted octanol–water partition coefficient (Wildman–Crippen LogP) is -0.656. The van der Waals surface area contributed by atoms with E-state index >= 15 is 0 Å². The summed E-state index contributed by atoms with van der Waals surface area (Å²) in [6.45, 7) is 4.69. The molecule has 3 unspecified atom stereocenters. The number of ether oxygens (including phenoxy) is 1. The van der Waals surface area contributed by atoms with Crippen molar-refractivity contribution >= 4 is 5.97 Å². The molecule has 1 aliphatic carbocycles. The van der Waals surface area contributed by atoms with E-state index in [0.717, 1.165) is 13.1 Å². The molecule has 0 spiro atoms. The van der Waals surface area contributed by atoms with Crippen LogP contribution < -0.4 is 11.1 Å². The van der Waals surface area contributed by atoms with E-state index in [1.54, 1.807) is 0 Å². The van der Waals surface area contributed by atoms with Crippen LogP contribution in [0.15, 0.2) is 0 Å². The molecular weight excluding hydrogens is 168 g/mol. The first kappa shape index (κ1) is 8.97. The summed E-state index contributed by atoms with van der Waals surface area (Å²) in [6, 6.07) is 0. The average Bonchev–Trinajstić information content (AvgIpc) is 2.57. The maximum atomic E-state index is 11.5. The second kappa shape index (κ2) is 2.96. The summed E-state index contributed by atoms with van der Waals surface area (Å²) in [7, 11) is 0. The van der Waals surface area contributed by atoms with Crippen molar-refractivity contribution in [3.63, 3.8) is 0 Å². The highest BCUT2D eigenvalue weighted by Crippen LogP contribution is 2.60. The maximum Gasteiger partial charge on any atom is 0.309 e. The van der Waals surface area contributed by atoms with Gasteiger partial charge >= 0.3 is 5.97 Å². The van der Waals surface area contributed by atoms with E-state index in [2.05, 4.69) is 5.32 Å². The number of nitrogens with one attached hydrogen (secondary N) is 1. The molecule has 13 heavy (non-hydrogen) atoms. The van der Waals surface area contributed by atoms with Gasteiger partial charge < -0.3 is 15.8 Å². The molecular formula is C9H16N2O2. The number of hydrogen-bond acceptors (Lipinski definition) is 4. The number of carbonyl (C=O) groups excluding carboxylic acids is 1. The van der Waals surface area contributed by atoms with Crippen molar-refractivity contribution in [3.05, 3.63) is 0 Å². The number of fused-ring (bicyclic) bond motifs is 1. The fourth-order valence-corrected chi connectivity index (χ4v) is 2.58. The third-order valence-corrected chi connectivity index (χ3v) is 3.39. The molecule has 74 valence electrons. The van der Waals surface area contributed by atoms with Crippen molar-refractivity contribution in [2.24, 2.45) is 23.0 Å². The molecule has 1 heterocycles. The maximum absolute atomic E-state index is 11.5. The van der Waals surface area contributed by atoms with Crippen molar-refractivity contribution < 1.29 is 9.53 Å². The van der Waals surface area contributed by atoms with Crippen LogP contribution in [-0.2, 0) is 9.53 Å². The van der Waals surface area contributed by atoms with Gasteiger partial charge in [-0.25, -0.2) is 0 Å². The van der Waals surface area contributed by atoms with Crippen molar-refractivity contribution in [2.45, 2.75) is 6.92 Å². The smallest absolute Gasteiger partial charge is 0.309 e. The van der Waals surface area contributed by atoms with E-state index in [4.69, 9.17) is 10.5 Å². The van der Waals surface area contributed by atoms with Crippen LogP contribution in [-0.4, -0.2) is 32.2 Å². The normalized spacial score (nSPS) is 41.4. The summed E-state index contributed by atoms with van der Waals surface area (Å²) in [5, 5.41) is 3.25. The molecule has 0 amide bonds. The largest absolute Gasteiger partial charge is 0.466 e. The summed E-state index contributed by atoms with van der Waals surface area (Å²) < 4.78 is 5.01. The van der Waals surface area contributed by atoms with Gasteiger partial charge in [0.15, 0.2) is 0 Å². The van der Waals surface area contributed by atoms with Crippen molar-refractivity contribution in [3.8, 4) is 0 Å². The first-order valence-electron chi connectivity index (χ1n) is 4.83. The number of nitrogens with two attached hydrogens (primary N) is 1. The second-order valence-electron chi connectivity index (χ2n) is 3.90. The lowest BCUT2D eigenvalue weighted by Gasteiger charge is -2.11. The minimum atomic E-state index is -0.0561. The number of hydrogen-bond donors (Lipinski definition) is 2. The summed E-state index contributed by atoms with van der Waals surface area (Å²) in [6.07, 6.45) is 0. The molecule has 0 radical (unpaired) electrons. The Balaban J connectivity index is 2.01. The Bertz CT molecular complexity index is 232. The molecule has 0 aromatic heterocycles. The number of esters is 1. The SMILES string of the molecule is CCOC(=O)C1C2CNCC21CN. The molecule has 3 N–H and O–H groups in total. The fourth-order valence-electron chi connectivity index (χ4n) is 2.58. The van der Waals surface area contributed by atoms with Crippen LogP contribution in [0.25, 0.3) is 0 Å². The molecule has 2 fully saturated rings. The van der Waals surface area contributed by atoms with E-state index in [0.29, 0.717) is 19.1 Å². The molecule has 1 aliphatic heterocycles. The lowest BCUT2D eigenvalue weighted by atomic mass is 10.0. The fraction of sp³-hybridized carbons (Fsp3) is 0.889. The molecule has 1 saturated heterocycles. The Morgan fingerprint density at radius 3 is 3.08 bits per heavy atom. The van der Waals surface area contributed by atoms with Gasteiger partial charge in [0, 0.05) is 18.5 Å². The van der Waals surface area contributed by atoms with Crippen LogP contribution in [0.5, 0.6) is 0 Å². The minimum Gasteiger partial charge on any atom is -0.466 e. The first-order chi connectivity index (χ1) is 6.26. The highest BCUT2D eigenvalue weighted by molar-refractivity contribution is 5.78. The first-order valence-corrected chi connectivity index (χ1v) is 4.83. The lowest BCUT2D eigenvalue weighted by Crippen LogP contribution is -2.30. The average molecular weight is 184 g/mol. The Kier molecular flexibility index (Phi) is 2.04. The quantitative estimate of drug-likeness (QED) is 0.572. The highest BCUT2D eigenvalue weighted by atomic mass is 16.5. The van der Waals surface area contributed by atoms with Gasteiger partial charge in [0.05, 0.1) is 12.5 Å². The van der Waals surface area contributed by atoms with Gasteiger partial charge in [0.1, 0.15) is 0 Å². The minimum absolute atomic E-state index is 0.0340. The summed E-state index contributed by atoms with van der Waals surface area (Å²) in [5.41, 5.74) is 5.72. The van der Waals surface area contributed by atoms with E-state index in [1.807, 2.05) is 6.92 Å². The standard InChI is InChI=1S/C9H16N2O2/c1-2-13-8(12)7-6-3-11-5-9(6,7)4-10/h6-7,11H,2-5,10H2,1H3. The van der Waals surface area contributed by atoms with Crippen molar-refractivity contribution in [2.75, 3.05) is 26.2 Å². The van der Waals surface area contributed by atoms with Gasteiger partial charge in [-0.05, 0) is 19.4 Å². The Morgan fingerprint density at radius 1 is 1.77 bits per heavy atom. The van der Waals surface area contributed by atoms with Crippen LogP contribution in [0, 0.1) is 17.3 Å². The van der Waals surface area contributed by atoms with Crippen molar-refractivity contribution in [1.82, 2.24) is 5.32 Å². The number of carbonyl (C=O) groups is 1. The zero-order chi connectivity index (χ0) is 9.47. The zero-order valence-corrected chi connectivity index (χ0v) is 7.88. The van der Waals surface area contributed by atoms with Gasteiger partial charge in [0.2, 0.25) is 0 Å². The van der Waals surface area contributed by atoms with Crippen LogP contribution >= 0.6 is 0 Å². The molecule has 0 aromatic rings. The highest BCUT2D eigenvalue weighted by Gasteiger charge is 2.69. The Morgan fingerprint density at radius 2 is 2.54 bits per heavy atom. The summed E-state index contributed by atoms with van der Waals surface area (Å²) in [4.78, 5) is 11.5. The van der Waals surface area contributed by atoms with Crippen LogP contribution in [0.4, 0.5) is 0 Å². The lowest BCUT2D eigenvalue weighted by molar-refractivity contribution is -0.146. The third kappa shape index (κ3) is 1.09. The Hall–Kier alpha value is -0.610. The molecule has 4 heteroatoms. The molecule has 3 atom stereocenters.